The number of hydrogen-bond donors (Lipinski definition) is 4. The second-order valence-electron chi connectivity index (χ2n) is 11.7. The van der Waals surface area contributed by atoms with Crippen molar-refractivity contribution in [2.45, 2.75) is 56.7 Å². The van der Waals surface area contributed by atoms with E-state index >= 15 is 0 Å². The second kappa shape index (κ2) is 12.8. The molecule has 44 heavy (non-hydrogen) atoms. The van der Waals surface area contributed by atoms with Crippen molar-refractivity contribution in [3.05, 3.63) is 101 Å². The Morgan fingerprint density at radius 2 is 1.73 bits per heavy atom. The highest BCUT2D eigenvalue weighted by atomic mass is 32.2. The van der Waals surface area contributed by atoms with Gasteiger partial charge in [-0.15, -0.1) is 11.8 Å². The molecule has 10 heteroatoms. The number of aromatic hydroxyl groups is 1. The Labute approximate surface area is 261 Å². The van der Waals surface area contributed by atoms with Gasteiger partial charge in [0.1, 0.15) is 11.8 Å². The van der Waals surface area contributed by atoms with Gasteiger partial charge in [-0.1, -0.05) is 54.6 Å². The number of aliphatic hydroxyl groups excluding tert-OH is 1. The van der Waals surface area contributed by atoms with Gasteiger partial charge in [-0.2, -0.15) is 0 Å². The van der Waals surface area contributed by atoms with E-state index in [-0.39, 0.29) is 36.1 Å². The number of aliphatic hydroxyl groups is 1. The molecule has 0 aliphatic carbocycles. The van der Waals surface area contributed by atoms with Gasteiger partial charge in [-0.05, 0) is 62.4 Å². The van der Waals surface area contributed by atoms with E-state index in [1.165, 1.54) is 22.7 Å². The van der Waals surface area contributed by atoms with Gasteiger partial charge in [0, 0.05) is 34.1 Å². The van der Waals surface area contributed by atoms with Crippen molar-refractivity contribution in [2.24, 2.45) is 7.05 Å². The van der Waals surface area contributed by atoms with Crippen molar-refractivity contribution in [1.82, 2.24) is 20.1 Å². The Balaban J connectivity index is 1.36. The number of para-hydroxylation sites is 1. The molecule has 1 aromatic heterocycles. The van der Waals surface area contributed by atoms with Gasteiger partial charge in [0.2, 0.25) is 5.91 Å². The van der Waals surface area contributed by atoms with Crippen molar-refractivity contribution < 1.29 is 24.6 Å². The lowest BCUT2D eigenvalue weighted by Crippen LogP contribution is -2.58. The summed E-state index contributed by atoms with van der Waals surface area (Å²) >= 11 is 1.46. The smallest absolute Gasteiger partial charge is 0.254 e. The molecule has 0 spiro atoms. The molecule has 4 aromatic rings. The molecule has 9 nitrogen and oxygen atoms in total. The van der Waals surface area contributed by atoms with Gasteiger partial charge in [0.15, 0.2) is 6.10 Å². The minimum absolute atomic E-state index is 0.0255. The lowest BCUT2D eigenvalue weighted by molar-refractivity contribution is -0.147. The van der Waals surface area contributed by atoms with E-state index in [0.29, 0.717) is 5.56 Å². The maximum atomic E-state index is 14.0. The molecule has 0 bridgehead atoms. The van der Waals surface area contributed by atoms with E-state index in [2.05, 4.69) is 10.6 Å². The van der Waals surface area contributed by atoms with Crippen LogP contribution in [0, 0.1) is 6.92 Å². The number of nitrogens with one attached hydrogen (secondary N) is 2. The zero-order valence-electron chi connectivity index (χ0n) is 25.3. The summed E-state index contributed by atoms with van der Waals surface area (Å²) in [5, 5.41) is 28.6. The number of carbonyl (C=O) groups excluding carboxylic acids is 3. The standard InChI is InChI=1S/C34H38N4O5S/c1-21-25(14-10-16-28(21)39)31(41)36-26(17-22-11-6-5-7-12-22)29(40)33(43)38-20-44-34(2,3)30(38)32(42)35-19-24-18-23-13-8-9-15-27(23)37(24)4/h5-16,18,26,29-30,39-40H,17,19-20H2,1-4H3,(H,35,42)(H,36,41)/t26-,29-,30?/m0/s1. The van der Waals surface area contributed by atoms with Gasteiger partial charge < -0.3 is 30.3 Å². The van der Waals surface area contributed by atoms with Gasteiger partial charge in [0.25, 0.3) is 11.8 Å². The Hall–Kier alpha value is -4.28. The van der Waals surface area contributed by atoms with Crippen molar-refractivity contribution in [3.8, 4) is 5.75 Å². The lowest BCUT2D eigenvalue weighted by atomic mass is 9.96. The van der Waals surface area contributed by atoms with E-state index < -0.39 is 34.7 Å². The van der Waals surface area contributed by atoms with Crippen LogP contribution in [0.2, 0.25) is 0 Å². The molecular weight excluding hydrogens is 576 g/mol. The van der Waals surface area contributed by atoms with Crippen LogP contribution in [0.15, 0.2) is 78.9 Å². The third-order valence-electron chi connectivity index (χ3n) is 8.37. The summed E-state index contributed by atoms with van der Waals surface area (Å²) in [7, 11) is 1.95. The van der Waals surface area contributed by atoms with Crippen LogP contribution in [-0.2, 0) is 29.6 Å². The van der Waals surface area contributed by atoms with Crippen LogP contribution in [0.25, 0.3) is 10.9 Å². The van der Waals surface area contributed by atoms with Crippen LogP contribution < -0.4 is 10.6 Å². The summed E-state index contributed by atoms with van der Waals surface area (Å²) < 4.78 is 1.41. The molecule has 3 amide bonds. The number of nitrogens with zero attached hydrogens (tertiary/aromatic N) is 2. The molecule has 1 fully saturated rings. The van der Waals surface area contributed by atoms with Gasteiger partial charge in [0.05, 0.1) is 18.5 Å². The minimum atomic E-state index is -1.63. The number of amides is 3. The molecule has 230 valence electrons. The van der Waals surface area contributed by atoms with Crippen LogP contribution >= 0.6 is 11.8 Å². The molecule has 0 radical (unpaired) electrons. The van der Waals surface area contributed by atoms with Crippen LogP contribution in [0.3, 0.4) is 0 Å². The number of aryl methyl sites for hydroxylation is 1. The molecular formula is C34H38N4O5S. The first kappa shape index (κ1) is 31.2. The van der Waals surface area contributed by atoms with E-state index in [9.17, 15) is 24.6 Å². The molecule has 1 saturated heterocycles. The largest absolute Gasteiger partial charge is 0.508 e. The number of hydrogen-bond acceptors (Lipinski definition) is 6. The second-order valence-corrected chi connectivity index (χ2v) is 13.3. The molecule has 1 aliphatic rings. The zero-order chi connectivity index (χ0) is 31.6. The first-order chi connectivity index (χ1) is 21.0. The number of rotatable bonds is 9. The lowest BCUT2D eigenvalue weighted by Gasteiger charge is -2.33. The van der Waals surface area contributed by atoms with E-state index in [1.807, 2.05) is 86.1 Å². The Bertz CT molecular complexity index is 1690. The summed E-state index contributed by atoms with van der Waals surface area (Å²) in [6.07, 6.45) is -1.45. The first-order valence-corrected chi connectivity index (χ1v) is 15.5. The average molecular weight is 615 g/mol. The summed E-state index contributed by atoms with van der Waals surface area (Å²) in [4.78, 5) is 42.4. The summed E-state index contributed by atoms with van der Waals surface area (Å²) in [6, 6.07) is 22.1. The monoisotopic (exact) mass is 614 g/mol. The number of aromatic nitrogens is 1. The molecule has 3 atom stereocenters. The Morgan fingerprint density at radius 3 is 2.45 bits per heavy atom. The van der Waals surface area contributed by atoms with Crippen LogP contribution in [-0.4, -0.2) is 66.2 Å². The average Bonchev–Trinajstić information content (AvgIpc) is 3.51. The molecule has 0 saturated carbocycles. The fourth-order valence-corrected chi connectivity index (χ4v) is 6.91. The van der Waals surface area contributed by atoms with Crippen LogP contribution in [0.5, 0.6) is 5.75 Å². The molecule has 5 rings (SSSR count). The molecule has 1 unspecified atom stereocenters. The maximum Gasteiger partial charge on any atom is 0.254 e. The highest BCUT2D eigenvalue weighted by Gasteiger charge is 2.49. The number of thioether (sulfide) groups is 1. The molecule has 3 aromatic carbocycles. The van der Waals surface area contributed by atoms with Crippen molar-refractivity contribution in [3.63, 3.8) is 0 Å². The van der Waals surface area contributed by atoms with E-state index in [0.717, 1.165) is 22.2 Å². The number of phenolic OH excluding ortho intramolecular Hbond substituents is 1. The predicted octanol–water partition coefficient (Wildman–Crippen LogP) is 3.89. The highest BCUT2D eigenvalue weighted by molar-refractivity contribution is 8.00. The highest BCUT2D eigenvalue weighted by Crippen LogP contribution is 2.40. The SMILES string of the molecule is Cc1c(O)cccc1C(=O)N[C@@H](Cc1ccccc1)[C@H](O)C(=O)N1CSC(C)(C)C1C(=O)NCc1cc2ccccc2n1C. The van der Waals surface area contributed by atoms with Crippen LogP contribution in [0.1, 0.15) is 41.0 Å². The fraction of sp³-hybridized carbons (Fsp3) is 0.324. The summed E-state index contributed by atoms with van der Waals surface area (Å²) in [6.45, 7) is 5.73. The number of fused-ring (bicyclic) bond motifs is 1. The Kier molecular flexibility index (Phi) is 9.03. The molecule has 2 heterocycles. The molecule has 1 aliphatic heterocycles. The predicted molar refractivity (Wildman–Crippen MR) is 172 cm³/mol. The van der Waals surface area contributed by atoms with E-state index in [4.69, 9.17) is 0 Å². The van der Waals surface area contributed by atoms with Gasteiger partial charge >= 0.3 is 0 Å². The third kappa shape index (κ3) is 6.32. The third-order valence-corrected chi connectivity index (χ3v) is 9.75. The number of benzene rings is 3. The Morgan fingerprint density at radius 1 is 1.02 bits per heavy atom. The maximum absolute atomic E-state index is 14.0. The topological polar surface area (TPSA) is 124 Å². The number of phenols is 1. The summed E-state index contributed by atoms with van der Waals surface area (Å²) in [5.74, 6) is -1.28. The van der Waals surface area contributed by atoms with Crippen LogP contribution in [0.4, 0.5) is 0 Å². The van der Waals surface area contributed by atoms with Gasteiger partial charge in [-0.25, -0.2) is 0 Å². The minimum Gasteiger partial charge on any atom is -0.508 e. The van der Waals surface area contributed by atoms with E-state index in [1.54, 1.807) is 19.1 Å². The fourth-order valence-electron chi connectivity index (χ4n) is 5.77. The normalized spacial score (nSPS) is 17.3. The quantitative estimate of drug-likeness (QED) is 0.227. The van der Waals surface area contributed by atoms with Crippen molar-refractivity contribution >= 4 is 40.4 Å². The van der Waals surface area contributed by atoms with Gasteiger partial charge in [-0.3, -0.25) is 14.4 Å². The molecule has 4 N–H and O–H groups in total. The zero-order valence-corrected chi connectivity index (χ0v) is 26.1. The first-order valence-electron chi connectivity index (χ1n) is 14.5. The van der Waals surface area contributed by atoms with Crippen molar-refractivity contribution in [2.75, 3.05) is 5.88 Å². The number of carbonyl (C=O) groups is 3. The van der Waals surface area contributed by atoms with Crippen molar-refractivity contribution in [1.29, 1.82) is 0 Å². The summed E-state index contributed by atoms with van der Waals surface area (Å²) in [5.41, 5.74) is 3.43.